The molecule has 1 N–H and O–H groups in total. The molecule has 4 rings (SSSR count). The number of hydrogen-bond donors (Lipinski definition) is 1. The molecule has 1 aromatic carbocycles. The molecular weight excluding hydrogens is 332 g/mol. The molecule has 0 unspecified atom stereocenters. The minimum absolute atomic E-state index is 0.0759. The van der Waals surface area contributed by atoms with Crippen molar-refractivity contribution in [2.24, 2.45) is 11.8 Å². The highest BCUT2D eigenvalue weighted by atomic mass is 16.5. The molecule has 1 aliphatic carbocycles. The Morgan fingerprint density at radius 2 is 1.81 bits per heavy atom. The number of benzene rings is 1. The van der Waals surface area contributed by atoms with E-state index in [1.807, 2.05) is 0 Å². The molecule has 3 fully saturated rings. The summed E-state index contributed by atoms with van der Waals surface area (Å²) in [5.74, 6) is -0.811. The van der Waals surface area contributed by atoms with E-state index in [4.69, 9.17) is 4.74 Å². The van der Waals surface area contributed by atoms with Gasteiger partial charge in [0.1, 0.15) is 0 Å². The number of imide groups is 1. The standard InChI is InChI=1S/C20H24N2O4/c23-18(21-12-15-7-4-10-26-15)13-5-3-6-14(11-13)22-19(24)16-8-1-2-9-17(16)20(22)25/h3,5-6,11,15-17H,1-2,4,7-10,12H2,(H,21,23)/t15-,16-,17-/m0/s1. The highest BCUT2D eigenvalue weighted by molar-refractivity contribution is 6.22. The first kappa shape index (κ1) is 17.2. The molecular formula is C20H24N2O4. The molecule has 0 radical (unpaired) electrons. The molecule has 3 aliphatic rings. The zero-order valence-corrected chi connectivity index (χ0v) is 14.8. The van der Waals surface area contributed by atoms with Crippen molar-refractivity contribution in [3.05, 3.63) is 29.8 Å². The first-order chi connectivity index (χ1) is 12.6. The number of hydrogen-bond acceptors (Lipinski definition) is 4. The summed E-state index contributed by atoms with van der Waals surface area (Å²) in [6, 6.07) is 6.78. The molecule has 0 bridgehead atoms. The number of carbonyl (C=O) groups is 3. The van der Waals surface area contributed by atoms with Gasteiger partial charge in [0.2, 0.25) is 11.8 Å². The lowest BCUT2D eigenvalue weighted by Crippen LogP contribution is -2.33. The molecule has 2 aliphatic heterocycles. The van der Waals surface area contributed by atoms with Crippen LogP contribution in [0.4, 0.5) is 5.69 Å². The zero-order chi connectivity index (χ0) is 18.1. The fourth-order valence-corrected chi connectivity index (χ4v) is 4.32. The second-order valence-corrected chi connectivity index (χ2v) is 7.40. The highest BCUT2D eigenvalue weighted by Gasteiger charge is 2.48. The Labute approximate surface area is 152 Å². The van der Waals surface area contributed by atoms with Gasteiger partial charge in [-0.05, 0) is 43.9 Å². The molecule has 2 saturated heterocycles. The van der Waals surface area contributed by atoms with Gasteiger partial charge in [-0.3, -0.25) is 19.3 Å². The van der Waals surface area contributed by atoms with Gasteiger partial charge in [0.05, 0.1) is 23.6 Å². The minimum Gasteiger partial charge on any atom is -0.376 e. The lowest BCUT2D eigenvalue weighted by Gasteiger charge is -2.19. The Kier molecular flexibility index (Phi) is 4.76. The summed E-state index contributed by atoms with van der Waals surface area (Å²) in [5, 5.41) is 2.88. The van der Waals surface area contributed by atoms with Crippen molar-refractivity contribution in [2.75, 3.05) is 18.1 Å². The number of carbonyl (C=O) groups excluding carboxylic acids is 3. The van der Waals surface area contributed by atoms with Gasteiger partial charge in [0.25, 0.3) is 5.91 Å². The number of nitrogens with one attached hydrogen (secondary N) is 1. The van der Waals surface area contributed by atoms with Crippen molar-refractivity contribution < 1.29 is 19.1 Å². The molecule has 1 saturated carbocycles. The van der Waals surface area contributed by atoms with Crippen LogP contribution >= 0.6 is 0 Å². The Morgan fingerprint density at radius 3 is 2.46 bits per heavy atom. The third-order valence-corrected chi connectivity index (χ3v) is 5.72. The second kappa shape index (κ2) is 7.19. The van der Waals surface area contributed by atoms with Gasteiger partial charge in [0.15, 0.2) is 0 Å². The smallest absolute Gasteiger partial charge is 0.251 e. The van der Waals surface area contributed by atoms with Gasteiger partial charge in [-0.25, -0.2) is 0 Å². The first-order valence-corrected chi connectivity index (χ1v) is 9.53. The lowest BCUT2D eigenvalue weighted by molar-refractivity contribution is -0.122. The SMILES string of the molecule is O=C(NC[C@@H]1CCCO1)c1cccc(N2C(=O)[C@H]3CCCC[C@@H]3C2=O)c1. The third kappa shape index (κ3) is 3.14. The van der Waals surface area contributed by atoms with E-state index in [2.05, 4.69) is 5.32 Å². The van der Waals surface area contributed by atoms with E-state index in [0.29, 0.717) is 17.8 Å². The predicted octanol–water partition coefficient (Wildman–Crippen LogP) is 2.28. The third-order valence-electron chi connectivity index (χ3n) is 5.72. The van der Waals surface area contributed by atoms with E-state index >= 15 is 0 Å². The number of amides is 3. The monoisotopic (exact) mass is 356 g/mol. The molecule has 26 heavy (non-hydrogen) atoms. The summed E-state index contributed by atoms with van der Waals surface area (Å²) >= 11 is 0. The molecule has 3 atom stereocenters. The summed E-state index contributed by atoms with van der Waals surface area (Å²) in [4.78, 5) is 39.2. The van der Waals surface area contributed by atoms with Gasteiger partial charge in [-0.2, -0.15) is 0 Å². The average Bonchev–Trinajstić information content (AvgIpc) is 3.27. The van der Waals surface area contributed by atoms with Crippen molar-refractivity contribution in [2.45, 2.75) is 44.6 Å². The van der Waals surface area contributed by atoms with Crippen LogP contribution in [0.5, 0.6) is 0 Å². The average molecular weight is 356 g/mol. The molecule has 0 aromatic heterocycles. The number of rotatable bonds is 4. The number of fused-ring (bicyclic) bond motifs is 1. The lowest BCUT2D eigenvalue weighted by atomic mass is 9.81. The summed E-state index contributed by atoms with van der Waals surface area (Å²) < 4.78 is 5.51. The van der Waals surface area contributed by atoms with Gasteiger partial charge < -0.3 is 10.1 Å². The van der Waals surface area contributed by atoms with Crippen molar-refractivity contribution in [3.63, 3.8) is 0 Å². The van der Waals surface area contributed by atoms with E-state index in [9.17, 15) is 14.4 Å². The maximum absolute atomic E-state index is 12.7. The fraction of sp³-hybridized carbons (Fsp3) is 0.550. The summed E-state index contributed by atoms with van der Waals surface area (Å²) in [7, 11) is 0. The number of anilines is 1. The Morgan fingerprint density at radius 1 is 1.08 bits per heavy atom. The topological polar surface area (TPSA) is 75.7 Å². The Balaban J connectivity index is 1.49. The molecule has 0 spiro atoms. The van der Waals surface area contributed by atoms with Crippen LogP contribution in [0.25, 0.3) is 0 Å². The molecule has 1 aromatic rings. The summed E-state index contributed by atoms with van der Waals surface area (Å²) in [5.41, 5.74) is 0.954. The second-order valence-electron chi connectivity index (χ2n) is 7.40. The molecule has 6 heteroatoms. The van der Waals surface area contributed by atoms with Crippen molar-refractivity contribution in [3.8, 4) is 0 Å². The maximum atomic E-state index is 12.7. The first-order valence-electron chi connectivity index (χ1n) is 9.53. The van der Waals surface area contributed by atoms with Crippen LogP contribution in [-0.2, 0) is 14.3 Å². The summed E-state index contributed by atoms with van der Waals surface area (Å²) in [6.07, 6.45) is 5.63. The highest BCUT2D eigenvalue weighted by Crippen LogP contribution is 2.40. The summed E-state index contributed by atoms with van der Waals surface area (Å²) in [6.45, 7) is 1.23. The fourth-order valence-electron chi connectivity index (χ4n) is 4.32. The van der Waals surface area contributed by atoms with Gasteiger partial charge in [0, 0.05) is 18.7 Å². The normalized spacial score (nSPS) is 28.3. The Bertz CT molecular complexity index is 702. The van der Waals surface area contributed by atoms with E-state index < -0.39 is 0 Å². The largest absolute Gasteiger partial charge is 0.376 e. The van der Waals surface area contributed by atoms with E-state index in [1.165, 1.54) is 4.90 Å². The Hall–Kier alpha value is -2.21. The van der Waals surface area contributed by atoms with Crippen LogP contribution in [-0.4, -0.2) is 37.0 Å². The van der Waals surface area contributed by atoms with Gasteiger partial charge in [-0.1, -0.05) is 18.9 Å². The minimum atomic E-state index is -0.209. The molecule has 3 amide bonds. The maximum Gasteiger partial charge on any atom is 0.251 e. The van der Waals surface area contributed by atoms with E-state index in [-0.39, 0.29) is 35.7 Å². The number of nitrogens with zero attached hydrogens (tertiary/aromatic N) is 1. The van der Waals surface area contributed by atoms with Crippen LogP contribution in [0.1, 0.15) is 48.9 Å². The van der Waals surface area contributed by atoms with Gasteiger partial charge >= 0.3 is 0 Å². The van der Waals surface area contributed by atoms with Crippen molar-refractivity contribution in [1.29, 1.82) is 0 Å². The van der Waals surface area contributed by atoms with Crippen molar-refractivity contribution in [1.82, 2.24) is 5.32 Å². The van der Waals surface area contributed by atoms with E-state index in [1.54, 1.807) is 24.3 Å². The van der Waals surface area contributed by atoms with Crippen LogP contribution in [0.2, 0.25) is 0 Å². The van der Waals surface area contributed by atoms with Crippen LogP contribution in [0.15, 0.2) is 24.3 Å². The quantitative estimate of drug-likeness (QED) is 0.840. The van der Waals surface area contributed by atoms with E-state index in [0.717, 1.165) is 45.1 Å². The molecule has 2 heterocycles. The van der Waals surface area contributed by atoms with Crippen molar-refractivity contribution >= 4 is 23.4 Å². The van der Waals surface area contributed by atoms with Crippen LogP contribution < -0.4 is 10.2 Å². The number of ether oxygens (including phenoxy) is 1. The molecule has 138 valence electrons. The van der Waals surface area contributed by atoms with Crippen LogP contribution in [0, 0.1) is 11.8 Å². The van der Waals surface area contributed by atoms with Gasteiger partial charge in [-0.15, -0.1) is 0 Å². The molecule has 6 nitrogen and oxygen atoms in total. The predicted molar refractivity (Wildman–Crippen MR) is 95.7 cm³/mol. The van der Waals surface area contributed by atoms with Crippen LogP contribution in [0.3, 0.4) is 0 Å². The zero-order valence-electron chi connectivity index (χ0n) is 14.8.